The molecule has 0 atom stereocenters. The largest absolute Gasteiger partial charge is 0.389 e. The summed E-state index contributed by atoms with van der Waals surface area (Å²) in [4.78, 5) is 8.51. The Morgan fingerprint density at radius 2 is 2.00 bits per heavy atom. The number of thiazole rings is 1. The van der Waals surface area contributed by atoms with Crippen LogP contribution >= 0.6 is 11.3 Å². The molecule has 0 saturated heterocycles. The Hall–Kier alpha value is -1.94. The van der Waals surface area contributed by atoms with E-state index in [-0.39, 0.29) is 0 Å². The predicted molar refractivity (Wildman–Crippen MR) is 67.3 cm³/mol. The highest BCUT2D eigenvalue weighted by Crippen LogP contribution is 2.32. The molecular formula is C12H9N3S. The lowest BCUT2D eigenvalue weighted by molar-refractivity contribution is 1.34. The van der Waals surface area contributed by atoms with Crippen LogP contribution in [0, 0.1) is 0 Å². The molecule has 78 valence electrons. The topological polar surface area (TPSA) is 51.8 Å². The van der Waals surface area contributed by atoms with Gasteiger partial charge in [-0.1, -0.05) is 24.3 Å². The number of anilines is 1. The highest BCUT2D eigenvalue weighted by molar-refractivity contribution is 7.14. The zero-order chi connectivity index (χ0) is 11.0. The molecular weight excluding hydrogens is 218 g/mol. The van der Waals surface area contributed by atoms with Crippen molar-refractivity contribution in [3.63, 3.8) is 0 Å². The van der Waals surface area contributed by atoms with Gasteiger partial charge < -0.3 is 5.73 Å². The third-order valence-electron chi connectivity index (χ3n) is 2.52. The summed E-state index contributed by atoms with van der Waals surface area (Å²) in [6.45, 7) is 0. The van der Waals surface area contributed by atoms with Gasteiger partial charge in [-0.3, -0.25) is 4.98 Å². The van der Waals surface area contributed by atoms with Gasteiger partial charge >= 0.3 is 0 Å². The molecule has 0 saturated carbocycles. The zero-order valence-electron chi connectivity index (χ0n) is 8.42. The predicted octanol–water partition coefficient (Wildman–Crippen LogP) is 2.94. The lowest BCUT2D eigenvalue weighted by atomic mass is 10.1. The number of nitrogens with zero attached hydrogens (tertiary/aromatic N) is 2. The molecule has 0 aliphatic rings. The van der Waals surface area contributed by atoms with E-state index in [0.717, 1.165) is 27.0 Å². The van der Waals surface area contributed by atoms with Gasteiger partial charge in [-0.15, -0.1) is 11.3 Å². The Labute approximate surface area is 96.6 Å². The number of pyridine rings is 1. The maximum absolute atomic E-state index is 5.89. The standard InChI is InChI=1S/C12H9N3S/c13-12-11(15-7-16-12)10-6-14-5-8-3-1-2-4-9(8)10/h1-7H,13H2. The summed E-state index contributed by atoms with van der Waals surface area (Å²) in [5.41, 5.74) is 9.47. The summed E-state index contributed by atoms with van der Waals surface area (Å²) in [5, 5.41) is 2.97. The molecule has 2 heterocycles. The second-order valence-electron chi connectivity index (χ2n) is 3.47. The van der Waals surface area contributed by atoms with Crippen LogP contribution in [0.4, 0.5) is 5.00 Å². The molecule has 3 nitrogen and oxygen atoms in total. The quantitative estimate of drug-likeness (QED) is 0.695. The smallest absolute Gasteiger partial charge is 0.114 e. The monoisotopic (exact) mass is 227 g/mol. The Bertz CT molecular complexity index is 640. The molecule has 0 spiro atoms. The molecule has 2 aromatic heterocycles. The number of fused-ring (bicyclic) bond motifs is 1. The van der Waals surface area contributed by atoms with Gasteiger partial charge in [0.2, 0.25) is 0 Å². The summed E-state index contributed by atoms with van der Waals surface area (Å²) in [7, 11) is 0. The van der Waals surface area contributed by atoms with Crippen molar-refractivity contribution >= 4 is 27.1 Å². The van der Waals surface area contributed by atoms with E-state index in [2.05, 4.69) is 16.0 Å². The Kier molecular flexibility index (Phi) is 2.08. The van der Waals surface area contributed by atoms with Crippen molar-refractivity contribution in [3.05, 3.63) is 42.2 Å². The molecule has 0 aliphatic heterocycles. The Morgan fingerprint density at radius 3 is 2.81 bits per heavy atom. The van der Waals surface area contributed by atoms with E-state index in [1.807, 2.05) is 30.6 Å². The van der Waals surface area contributed by atoms with Crippen LogP contribution in [0.25, 0.3) is 22.0 Å². The van der Waals surface area contributed by atoms with Crippen LogP contribution < -0.4 is 5.73 Å². The molecule has 4 heteroatoms. The van der Waals surface area contributed by atoms with Crippen molar-refractivity contribution in [1.82, 2.24) is 9.97 Å². The average Bonchev–Trinajstić information content (AvgIpc) is 2.75. The van der Waals surface area contributed by atoms with Gasteiger partial charge in [-0.05, 0) is 5.39 Å². The lowest BCUT2D eigenvalue weighted by Gasteiger charge is -2.03. The van der Waals surface area contributed by atoms with Crippen molar-refractivity contribution < 1.29 is 0 Å². The lowest BCUT2D eigenvalue weighted by Crippen LogP contribution is -1.88. The van der Waals surface area contributed by atoms with Gasteiger partial charge in [0.15, 0.2) is 0 Å². The molecule has 3 aromatic rings. The summed E-state index contributed by atoms with van der Waals surface area (Å²) in [5.74, 6) is 0. The number of benzene rings is 1. The van der Waals surface area contributed by atoms with Crippen LogP contribution in [0.1, 0.15) is 0 Å². The van der Waals surface area contributed by atoms with Crippen LogP contribution in [0.15, 0.2) is 42.2 Å². The maximum atomic E-state index is 5.89. The summed E-state index contributed by atoms with van der Waals surface area (Å²) >= 11 is 1.45. The van der Waals surface area contributed by atoms with Gasteiger partial charge in [0.25, 0.3) is 0 Å². The second-order valence-corrected chi connectivity index (χ2v) is 4.36. The van der Waals surface area contributed by atoms with Gasteiger partial charge in [-0.2, -0.15) is 0 Å². The Balaban J connectivity index is 2.36. The third-order valence-corrected chi connectivity index (χ3v) is 3.18. The van der Waals surface area contributed by atoms with Gasteiger partial charge in [0.1, 0.15) is 10.7 Å². The molecule has 1 aromatic carbocycles. The molecule has 3 rings (SSSR count). The minimum Gasteiger partial charge on any atom is -0.389 e. The van der Waals surface area contributed by atoms with Crippen molar-refractivity contribution in [2.24, 2.45) is 0 Å². The first-order valence-corrected chi connectivity index (χ1v) is 5.76. The first-order chi connectivity index (χ1) is 7.86. The second kappa shape index (κ2) is 3.57. The number of nitrogen functional groups attached to an aromatic ring is 1. The van der Waals surface area contributed by atoms with Crippen LogP contribution in [-0.4, -0.2) is 9.97 Å². The molecule has 16 heavy (non-hydrogen) atoms. The number of hydrogen-bond donors (Lipinski definition) is 1. The summed E-state index contributed by atoms with van der Waals surface area (Å²) < 4.78 is 0. The fourth-order valence-corrected chi connectivity index (χ4v) is 2.31. The minimum absolute atomic E-state index is 0.734. The number of nitrogens with two attached hydrogens (primary N) is 1. The van der Waals surface area contributed by atoms with Gasteiger partial charge in [0.05, 0.1) is 5.51 Å². The van der Waals surface area contributed by atoms with Gasteiger partial charge in [0, 0.05) is 23.3 Å². The van der Waals surface area contributed by atoms with Crippen molar-refractivity contribution in [3.8, 4) is 11.3 Å². The highest BCUT2D eigenvalue weighted by atomic mass is 32.1. The van der Waals surface area contributed by atoms with E-state index in [0.29, 0.717) is 0 Å². The molecule has 0 fully saturated rings. The van der Waals surface area contributed by atoms with E-state index in [9.17, 15) is 0 Å². The van der Waals surface area contributed by atoms with Crippen LogP contribution in [0.2, 0.25) is 0 Å². The first kappa shape index (κ1) is 9.30. The highest BCUT2D eigenvalue weighted by Gasteiger charge is 2.09. The zero-order valence-corrected chi connectivity index (χ0v) is 9.24. The maximum Gasteiger partial charge on any atom is 0.114 e. The van der Waals surface area contributed by atoms with E-state index in [1.165, 1.54) is 11.3 Å². The third kappa shape index (κ3) is 1.35. The van der Waals surface area contributed by atoms with Crippen LogP contribution in [0.3, 0.4) is 0 Å². The molecule has 0 amide bonds. The minimum atomic E-state index is 0.734. The Morgan fingerprint density at radius 1 is 1.12 bits per heavy atom. The van der Waals surface area contributed by atoms with E-state index < -0.39 is 0 Å². The number of aromatic nitrogens is 2. The van der Waals surface area contributed by atoms with Crippen LogP contribution in [-0.2, 0) is 0 Å². The van der Waals surface area contributed by atoms with Crippen molar-refractivity contribution in [1.29, 1.82) is 0 Å². The molecule has 0 bridgehead atoms. The molecule has 0 aliphatic carbocycles. The van der Waals surface area contributed by atoms with E-state index in [1.54, 1.807) is 5.51 Å². The number of rotatable bonds is 1. The average molecular weight is 227 g/mol. The molecule has 0 unspecified atom stereocenters. The van der Waals surface area contributed by atoms with E-state index >= 15 is 0 Å². The SMILES string of the molecule is Nc1scnc1-c1cncc2ccccc12. The first-order valence-electron chi connectivity index (χ1n) is 4.88. The van der Waals surface area contributed by atoms with Crippen LogP contribution in [0.5, 0.6) is 0 Å². The summed E-state index contributed by atoms with van der Waals surface area (Å²) in [6, 6.07) is 8.10. The fourth-order valence-electron chi connectivity index (χ4n) is 1.76. The van der Waals surface area contributed by atoms with Crippen molar-refractivity contribution in [2.45, 2.75) is 0 Å². The van der Waals surface area contributed by atoms with E-state index in [4.69, 9.17) is 5.73 Å². The van der Waals surface area contributed by atoms with Gasteiger partial charge in [-0.25, -0.2) is 4.98 Å². The fraction of sp³-hybridized carbons (Fsp3) is 0. The summed E-state index contributed by atoms with van der Waals surface area (Å²) in [6.07, 6.45) is 3.66. The number of hydrogen-bond acceptors (Lipinski definition) is 4. The van der Waals surface area contributed by atoms with Crippen molar-refractivity contribution in [2.75, 3.05) is 5.73 Å². The molecule has 2 N–H and O–H groups in total. The normalized spacial score (nSPS) is 10.8. The molecule has 0 radical (unpaired) electrons.